The molecule has 0 aromatic heterocycles. The number of likely N-dealkylation sites (N-methyl/N-ethyl adjacent to an activating group) is 1. The number of hydrogen-bond donors (Lipinski definition) is 2. The number of carbonyl (C=O) groups excluding carboxylic acids is 1. The fourth-order valence-corrected chi connectivity index (χ4v) is 4.70. The summed E-state index contributed by atoms with van der Waals surface area (Å²) in [7, 11) is -0.404. The van der Waals surface area contributed by atoms with Gasteiger partial charge in [0.2, 0.25) is 0 Å². The summed E-state index contributed by atoms with van der Waals surface area (Å²) in [6.45, 7) is 7.44. The second-order valence-electron chi connectivity index (χ2n) is 8.69. The molecule has 2 N–H and O–H groups in total. The normalized spacial score (nSPS) is 22.5. The SMILES string of the molecule is CO[C@H]1CN(C)C(=O)c2ccc(NS(=O)(=O)c3ccc(C)cc3)cc2OC[C@@H](C)NC[C@H]1C. The summed E-state index contributed by atoms with van der Waals surface area (Å²) in [5.74, 6) is 0.311. The standard InChI is InChI=1S/C24H33N3O5S/c1-16-6-9-20(10-7-16)33(29,30)26-19-8-11-21-22(12-19)32-15-18(3)25-13-17(2)23(31-5)14-27(4)24(21)28/h6-12,17-18,23,25-26H,13-15H2,1-5H3/t17-,18-,23+/m1/s1. The first-order valence-electron chi connectivity index (χ1n) is 11.0. The van der Waals surface area contributed by atoms with Crippen LogP contribution in [0, 0.1) is 12.8 Å². The number of sulfonamides is 1. The molecule has 1 heterocycles. The average Bonchev–Trinajstić information content (AvgIpc) is 2.78. The van der Waals surface area contributed by atoms with E-state index >= 15 is 0 Å². The lowest BCUT2D eigenvalue weighted by molar-refractivity contribution is 0.0281. The van der Waals surface area contributed by atoms with E-state index in [1.807, 2.05) is 13.8 Å². The van der Waals surface area contributed by atoms with Crippen LogP contribution in [0.4, 0.5) is 5.69 Å². The topological polar surface area (TPSA) is 97.0 Å². The van der Waals surface area contributed by atoms with Gasteiger partial charge in [-0.05, 0) is 44.0 Å². The van der Waals surface area contributed by atoms with Crippen molar-refractivity contribution < 1.29 is 22.7 Å². The molecule has 2 aromatic carbocycles. The molecule has 33 heavy (non-hydrogen) atoms. The van der Waals surface area contributed by atoms with Gasteiger partial charge in [0.15, 0.2) is 0 Å². The number of carbonyl (C=O) groups is 1. The minimum absolute atomic E-state index is 0.0259. The molecule has 1 aliphatic heterocycles. The van der Waals surface area contributed by atoms with Crippen LogP contribution in [-0.4, -0.2) is 65.2 Å². The molecule has 1 aliphatic rings. The maximum Gasteiger partial charge on any atom is 0.261 e. The summed E-state index contributed by atoms with van der Waals surface area (Å²) < 4.78 is 39.8. The molecule has 8 nitrogen and oxygen atoms in total. The first-order chi connectivity index (χ1) is 15.6. The van der Waals surface area contributed by atoms with E-state index in [4.69, 9.17) is 9.47 Å². The first-order valence-corrected chi connectivity index (χ1v) is 12.5. The van der Waals surface area contributed by atoms with Gasteiger partial charge in [0.25, 0.3) is 15.9 Å². The van der Waals surface area contributed by atoms with E-state index in [2.05, 4.69) is 17.0 Å². The highest BCUT2D eigenvalue weighted by Crippen LogP contribution is 2.27. The van der Waals surface area contributed by atoms with Gasteiger partial charge in [0.1, 0.15) is 12.4 Å². The summed E-state index contributed by atoms with van der Waals surface area (Å²) in [6.07, 6.45) is -0.122. The number of nitrogens with zero attached hydrogens (tertiary/aromatic N) is 1. The van der Waals surface area contributed by atoms with Gasteiger partial charge in [-0.15, -0.1) is 0 Å². The van der Waals surface area contributed by atoms with Crippen LogP contribution in [0.25, 0.3) is 0 Å². The minimum Gasteiger partial charge on any atom is -0.491 e. The summed E-state index contributed by atoms with van der Waals surface area (Å²) in [6, 6.07) is 11.3. The van der Waals surface area contributed by atoms with Crippen LogP contribution in [0.5, 0.6) is 5.75 Å². The van der Waals surface area contributed by atoms with Gasteiger partial charge in [-0.25, -0.2) is 8.42 Å². The molecule has 3 atom stereocenters. The third-order valence-electron chi connectivity index (χ3n) is 5.81. The number of fused-ring (bicyclic) bond motifs is 1. The van der Waals surface area contributed by atoms with Crippen LogP contribution >= 0.6 is 0 Å². The van der Waals surface area contributed by atoms with Crippen LogP contribution < -0.4 is 14.8 Å². The molecule has 3 rings (SSSR count). The highest BCUT2D eigenvalue weighted by molar-refractivity contribution is 7.92. The predicted octanol–water partition coefficient (Wildman–Crippen LogP) is 2.89. The summed E-state index contributed by atoms with van der Waals surface area (Å²) in [4.78, 5) is 15.0. The van der Waals surface area contributed by atoms with Gasteiger partial charge in [0.05, 0.1) is 22.3 Å². The van der Waals surface area contributed by atoms with Gasteiger partial charge in [-0.1, -0.05) is 24.6 Å². The molecule has 0 saturated heterocycles. The van der Waals surface area contributed by atoms with Gasteiger partial charge in [-0.2, -0.15) is 0 Å². The average molecular weight is 476 g/mol. The van der Waals surface area contributed by atoms with Crippen molar-refractivity contribution in [2.24, 2.45) is 5.92 Å². The van der Waals surface area contributed by atoms with Crippen molar-refractivity contribution in [1.82, 2.24) is 10.2 Å². The smallest absolute Gasteiger partial charge is 0.261 e. The zero-order valence-corrected chi connectivity index (χ0v) is 20.6. The monoisotopic (exact) mass is 475 g/mol. The Morgan fingerprint density at radius 1 is 1.15 bits per heavy atom. The first kappa shape index (κ1) is 25.0. The maximum absolute atomic E-state index is 13.2. The Morgan fingerprint density at radius 3 is 2.52 bits per heavy atom. The van der Waals surface area contributed by atoms with Crippen LogP contribution in [-0.2, 0) is 14.8 Å². The molecular formula is C24H33N3O5S. The number of ether oxygens (including phenoxy) is 2. The summed E-state index contributed by atoms with van der Waals surface area (Å²) in [5, 5.41) is 3.43. The number of rotatable bonds is 4. The molecule has 0 spiro atoms. The van der Waals surface area contributed by atoms with E-state index < -0.39 is 10.0 Å². The molecule has 1 amide bonds. The van der Waals surface area contributed by atoms with Gasteiger partial charge in [-0.3, -0.25) is 9.52 Å². The molecule has 0 unspecified atom stereocenters. The second-order valence-corrected chi connectivity index (χ2v) is 10.4. The van der Waals surface area contributed by atoms with Crippen molar-refractivity contribution in [3.63, 3.8) is 0 Å². The van der Waals surface area contributed by atoms with E-state index in [0.717, 1.165) is 5.56 Å². The number of nitrogens with one attached hydrogen (secondary N) is 2. The Kier molecular flexibility index (Phi) is 7.99. The van der Waals surface area contributed by atoms with E-state index in [0.29, 0.717) is 36.7 Å². The lowest BCUT2D eigenvalue weighted by atomic mass is 10.0. The largest absolute Gasteiger partial charge is 0.491 e. The number of anilines is 1. The van der Waals surface area contributed by atoms with Crippen molar-refractivity contribution in [3.8, 4) is 5.75 Å². The maximum atomic E-state index is 13.2. The molecule has 0 saturated carbocycles. The lowest BCUT2D eigenvalue weighted by Crippen LogP contribution is -2.44. The molecule has 0 bridgehead atoms. The molecule has 0 aliphatic carbocycles. The highest BCUT2D eigenvalue weighted by atomic mass is 32.2. The Hall–Kier alpha value is -2.62. The second kappa shape index (κ2) is 10.5. The number of aryl methyl sites for hydroxylation is 1. The van der Waals surface area contributed by atoms with Crippen molar-refractivity contribution >= 4 is 21.6 Å². The molecule has 2 aromatic rings. The van der Waals surface area contributed by atoms with E-state index in [-0.39, 0.29) is 28.9 Å². The number of amides is 1. The molecule has 0 radical (unpaired) electrons. The van der Waals surface area contributed by atoms with Crippen LogP contribution in [0.2, 0.25) is 0 Å². The molecular weight excluding hydrogens is 442 g/mol. The van der Waals surface area contributed by atoms with Crippen LogP contribution in [0.15, 0.2) is 47.4 Å². The van der Waals surface area contributed by atoms with E-state index in [9.17, 15) is 13.2 Å². The van der Waals surface area contributed by atoms with Gasteiger partial charge < -0.3 is 19.7 Å². The third-order valence-corrected chi connectivity index (χ3v) is 7.21. The van der Waals surface area contributed by atoms with Crippen LogP contribution in [0.1, 0.15) is 29.8 Å². The van der Waals surface area contributed by atoms with E-state index in [1.165, 1.54) is 0 Å². The van der Waals surface area contributed by atoms with Crippen LogP contribution in [0.3, 0.4) is 0 Å². The quantitative estimate of drug-likeness (QED) is 0.706. The lowest BCUT2D eigenvalue weighted by Gasteiger charge is -2.30. The zero-order chi connectivity index (χ0) is 24.2. The van der Waals surface area contributed by atoms with Crippen molar-refractivity contribution in [2.75, 3.05) is 38.6 Å². The Bertz CT molecular complexity index is 1070. The third kappa shape index (κ3) is 6.25. The molecule has 180 valence electrons. The van der Waals surface area contributed by atoms with Gasteiger partial charge in [0, 0.05) is 39.4 Å². The fraction of sp³-hybridized carbons (Fsp3) is 0.458. The zero-order valence-electron chi connectivity index (χ0n) is 19.8. The van der Waals surface area contributed by atoms with Crippen molar-refractivity contribution in [3.05, 3.63) is 53.6 Å². The minimum atomic E-state index is -3.78. The fourth-order valence-electron chi connectivity index (χ4n) is 3.65. The number of methoxy groups -OCH3 is 1. The Labute approximate surface area is 196 Å². The van der Waals surface area contributed by atoms with Gasteiger partial charge >= 0.3 is 0 Å². The summed E-state index contributed by atoms with van der Waals surface area (Å²) >= 11 is 0. The Balaban J connectivity index is 1.91. The predicted molar refractivity (Wildman–Crippen MR) is 128 cm³/mol. The number of hydrogen-bond acceptors (Lipinski definition) is 6. The van der Waals surface area contributed by atoms with Crippen molar-refractivity contribution in [1.29, 1.82) is 0 Å². The number of benzene rings is 2. The van der Waals surface area contributed by atoms with Crippen molar-refractivity contribution in [2.45, 2.75) is 37.8 Å². The molecule has 0 fully saturated rings. The van der Waals surface area contributed by atoms with E-state index in [1.54, 1.807) is 61.5 Å². The Morgan fingerprint density at radius 2 is 1.85 bits per heavy atom. The highest BCUT2D eigenvalue weighted by Gasteiger charge is 2.26. The summed E-state index contributed by atoms with van der Waals surface area (Å²) in [5.41, 5.74) is 1.66. The molecule has 9 heteroatoms.